The van der Waals surface area contributed by atoms with Crippen LogP contribution in [0.1, 0.15) is 29.5 Å². The maximum absolute atomic E-state index is 11.7. The molecule has 2 aliphatic rings. The summed E-state index contributed by atoms with van der Waals surface area (Å²) in [6.07, 6.45) is 5.28. The van der Waals surface area contributed by atoms with Gasteiger partial charge >= 0.3 is 0 Å². The number of halogens is 1. The summed E-state index contributed by atoms with van der Waals surface area (Å²) in [6, 6.07) is 13.1. The topological polar surface area (TPSA) is 72.2 Å². The number of fused-ring (bicyclic) bond motifs is 3. The molecule has 1 aliphatic heterocycles. The summed E-state index contributed by atoms with van der Waals surface area (Å²) in [5.74, 6) is 0.526. The van der Waals surface area contributed by atoms with Gasteiger partial charge in [0.2, 0.25) is 10.0 Å². The number of hydrogen-bond acceptors (Lipinski definition) is 3. The molecular formula is C18H17ClN2O2S. The average Bonchev–Trinajstić information content (AvgIpc) is 3.03. The molecule has 0 bridgehead atoms. The van der Waals surface area contributed by atoms with Crippen LogP contribution in [0.2, 0.25) is 5.02 Å². The lowest BCUT2D eigenvalue weighted by molar-refractivity contribution is 0.425. The minimum absolute atomic E-state index is 0.159. The van der Waals surface area contributed by atoms with E-state index >= 15 is 0 Å². The van der Waals surface area contributed by atoms with Gasteiger partial charge in [0.15, 0.2) is 0 Å². The number of primary sulfonamides is 1. The van der Waals surface area contributed by atoms with Gasteiger partial charge in [-0.25, -0.2) is 13.6 Å². The van der Waals surface area contributed by atoms with Crippen LogP contribution in [0.3, 0.4) is 0 Å². The van der Waals surface area contributed by atoms with E-state index in [1.54, 1.807) is 18.2 Å². The average molecular weight is 361 g/mol. The summed E-state index contributed by atoms with van der Waals surface area (Å²) in [6.45, 7) is 0. The molecule has 0 saturated carbocycles. The highest BCUT2D eigenvalue weighted by Crippen LogP contribution is 2.50. The third-order valence-corrected chi connectivity index (χ3v) is 6.05. The predicted octanol–water partition coefficient (Wildman–Crippen LogP) is 3.81. The molecule has 6 heteroatoms. The Bertz CT molecular complexity index is 923. The van der Waals surface area contributed by atoms with E-state index in [9.17, 15) is 8.42 Å². The van der Waals surface area contributed by atoms with Crippen LogP contribution in [0.25, 0.3) is 0 Å². The molecule has 3 atom stereocenters. The highest BCUT2D eigenvalue weighted by Gasteiger charge is 2.38. The van der Waals surface area contributed by atoms with E-state index in [1.807, 2.05) is 24.3 Å². The van der Waals surface area contributed by atoms with Crippen LogP contribution in [0.15, 0.2) is 59.5 Å². The van der Waals surface area contributed by atoms with E-state index in [0.717, 1.165) is 17.7 Å². The molecule has 0 saturated heterocycles. The molecule has 0 fully saturated rings. The third-order valence-electron chi connectivity index (χ3n) is 4.89. The first-order valence-corrected chi connectivity index (χ1v) is 9.71. The van der Waals surface area contributed by atoms with Gasteiger partial charge in [0, 0.05) is 16.6 Å². The molecule has 1 heterocycles. The summed E-state index contributed by atoms with van der Waals surface area (Å²) >= 11 is 6.00. The lowest BCUT2D eigenvalue weighted by Gasteiger charge is -2.37. The van der Waals surface area contributed by atoms with Crippen molar-refractivity contribution in [3.8, 4) is 0 Å². The predicted molar refractivity (Wildman–Crippen MR) is 95.6 cm³/mol. The third kappa shape index (κ3) is 2.62. The Morgan fingerprint density at radius 1 is 1.12 bits per heavy atom. The highest BCUT2D eigenvalue weighted by atomic mass is 35.5. The van der Waals surface area contributed by atoms with Gasteiger partial charge in [0.05, 0.1) is 10.9 Å². The summed E-state index contributed by atoms with van der Waals surface area (Å²) < 4.78 is 23.3. The maximum Gasteiger partial charge on any atom is 0.238 e. The first-order chi connectivity index (χ1) is 11.4. The summed E-state index contributed by atoms with van der Waals surface area (Å²) in [7, 11) is -3.70. The number of nitrogens with two attached hydrogens (primary N) is 1. The van der Waals surface area contributed by atoms with Gasteiger partial charge in [-0.3, -0.25) is 0 Å². The van der Waals surface area contributed by atoms with Crippen molar-refractivity contribution >= 4 is 27.3 Å². The van der Waals surface area contributed by atoms with E-state index in [2.05, 4.69) is 17.5 Å². The largest absolute Gasteiger partial charge is 0.378 e. The van der Waals surface area contributed by atoms with Gasteiger partial charge in [-0.15, -0.1) is 0 Å². The van der Waals surface area contributed by atoms with Crippen molar-refractivity contribution in [1.29, 1.82) is 0 Å². The Kier molecular flexibility index (Phi) is 3.67. The van der Waals surface area contributed by atoms with Crippen LogP contribution in [-0.4, -0.2) is 8.42 Å². The van der Waals surface area contributed by atoms with Crippen LogP contribution in [0.4, 0.5) is 5.69 Å². The van der Waals surface area contributed by atoms with Crippen LogP contribution < -0.4 is 10.5 Å². The minimum atomic E-state index is -3.70. The van der Waals surface area contributed by atoms with Crippen LogP contribution in [-0.2, 0) is 10.0 Å². The number of rotatable bonds is 2. The Morgan fingerprint density at radius 2 is 1.88 bits per heavy atom. The summed E-state index contributed by atoms with van der Waals surface area (Å²) in [5, 5.41) is 9.56. The molecule has 124 valence electrons. The lowest BCUT2D eigenvalue weighted by atomic mass is 9.77. The lowest BCUT2D eigenvalue weighted by Crippen LogP contribution is -2.29. The van der Waals surface area contributed by atoms with E-state index in [4.69, 9.17) is 16.7 Å². The molecule has 3 unspecified atom stereocenters. The first kappa shape index (κ1) is 15.7. The van der Waals surface area contributed by atoms with Crippen LogP contribution in [0.5, 0.6) is 0 Å². The maximum atomic E-state index is 11.7. The van der Waals surface area contributed by atoms with Crippen molar-refractivity contribution in [1.82, 2.24) is 0 Å². The summed E-state index contributed by atoms with van der Waals surface area (Å²) in [4.78, 5) is 0.159. The van der Waals surface area contributed by atoms with Crippen molar-refractivity contribution < 1.29 is 8.42 Å². The summed E-state index contributed by atoms with van der Waals surface area (Å²) in [5.41, 5.74) is 3.12. The van der Waals surface area contributed by atoms with Crippen molar-refractivity contribution in [2.45, 2.75) is 23.3 Å². The molecule has 1 aliphatic carbocycles. The van der Waals surface area contributed by atoms with Gasteiger partial charge in [-0.2, -0.15) is 0 Å². The molecular weight excluding hydrogens is 344 g/mol. The standard InChI is InChI=1S/C18H17ClN2O2S/c19-12-6-4-11(5-7-12)18-15-3-1-2-14(15)16-10-13(24(20,22)23)8-9-17(16)21-18/h1-2,4-10,14-15,18,21H,3H2,(H2,20,22,23). The number of anilines is 1. The molecule has 0 amide bonds. The molecule has 0 spiro atoms. The van der Waals surface area contributed by atoms with Crippen molar-refractivity contribution in [3.05, 3.63) is 70.8 Å². The monoisotopic (exact) mass is 360 g/mol. The fourth-order valence-corrected chi connectivity index (χ4v) is 4.42. The van der Waals surface area contributed by atoms with Crippen LogP contribution >= 0.6 is 11.6 Å². The van der Waals surface area contributed by atoms with Crippen molar-refractivity contribution in [2.75, 3.05) is 5.32 Å². The second kappa shape index (κ2) is 5.62. The number of sulfonamides is 1. The highest BCUT2D eigenvalue weighted by molar-refractivity contribution is 7.89. The molecule has 4 nitrogen and oxygen atoms in total. The molecule has 0 aromatic heterocycles. The second-order valence-electron chi connectivity index (χ2n) is 6.32. The number of allylic oxidation sites excluding steroid dienone is 2. The van der Waals surface area contributed by atoms with Gasteiger partial charge in [0.25, 0.3) is 0 Å². The van der Waals surface area contributed by atoms with Gasteiger partial charge < -0.3 is 5.32 Å². The molecule has 24 heavy (non-hydrogen) atoms. The zero-order valence-electron chi connectivity index (χ0n) is 12.8. The molecule has 4 rings (SSSR count). The Hall–Kier alpha value is -1.82. The van der Waals surface area contributed by atoms with Crippen molar-refractivity contribution in [2.24, 2.45) is 11.1 Å². The van der Waals surface area contributed by atoms with E-state index in [-0.39, 0.29) is 16.9 Å². The quantitative estimate of drug-likeness (QED) is 0.800. The number of hydrogen-bond donors (Lipinski definition) is 2. The van der Waals surface area contributed by atoms with Crippen LogP contribution in [0, 0.1) is 5.92 Å². The molecule has 2 aromatic rings. The first-order valence-electron chi connectivity index (χ1n) is 7.79. The fourth-order valence-electron chi connectivity index (χ4n) is 3.75. The zero-order valence-corrected chi connectivity index (χ0v) is 14.4. The SMILES string of the molecule is NS(=O)(=O)c1ccc2c(c1)C1C=CCC1C(c1ccc(Cl)cc1)N2. The Balaban J connectivity index is 1.79. The van der Waals surface area contributed by atoms with E-state index in [1.165, 1.54) is 5.56 Å². The normalized spacial score (nSPS) is 25.0. The van der Waals surface area contributed by atoms with Crippen molar-refractivity contribution in [3.63, 3.8) is 0 Å². The fraction of sp³-hybridized carbons (Fsp3) is 0.222. The van der Waals surface area contributed by atoms with E-state index < -0.39 is 10.0 Å². The van der Waals surface area contributed by atoms with E-state index in [0.29, 0.717) is 10.9 Å². The smallest absolute Gasteiger partial charge is 0.238 e. The molecule has 0 radical (unpaired) electrons. The second-order valence-corrected chi connectivity index (χ2v) is 8.32. The zero-order chi connectivity index (χ0) is 16.9. The minimum Gasteiger partial charge on any atom is -0.378 e. The van der Waals surface area contributed by atoms with Gasteiger partial charge in [-0.05, 0) is 53.8 Å². The van der Waals surface area contributed by atoms with Gasteiger partial charge in [-0.1, -0.05) is 35.9 Å². The van der Waals surface area contributed by atoms with Gasteiger partial charge in [0.1, 0.15) is 0 Å². The number of nitrogens with one attached hydrogen (secondary N) is 1. The molecule has 2 aromatic carbocycles. The molecule has 3 N–H and O–H groups in total. The Morgan fingerprint density at radius 3 is 2.58 bits per heavy atom. The number of benzene rings is 2. The Labute approximate surface area is 146 Å².